The smallest absolute Gasteiger partial charge is 0.156 e. The lowest BCUT2D eigenvalue weighted by Crippen LogP contribution is -2.21. The molecule has 1 heteroatoms. The van der Waals surface area contributed by atoms with Crippen LogP contribution in [0.4, 0.5) is 0 Å². The Balaban J connectivity index is 1.91. The largest absolute Gasteiger partial charge is 0.295 e. The van der Waals surface area contributed by atoms with Crippen molar-refractivity contribution in [1.82, 2.24) is 0 Å². The third kappa shape index (κ3) is 2.65. The third-order valence-corrected chi connectivity index (χ3v) is 4.49. The summed E-state index contributed by atoms with van der Waals surface area (Å²) in [4.78, 5) is 11.9. The van der Waals surface area contributed by atoms with Crippen LogP contribution in [-0.4, -0.2) is 5.78 Å². The highest BCUT2D eigenvalue weighted by Gasteiger charge is 2.28. The zero-order valence-corrected chi connectivity index (χ0v) is 11.9. The van der Waals surface area contributed by atoms with E-state index in [2.05, 4.69) is 38.1 Å². The number of hydrogen-bond acceptors (Lipinski definition) is 1. The van der Waals surface area contributed by atoms with Gasteiger partial charge in [0.25, 0.3) is 0 Å². The predicted molar refractivity (Wildman–Crippen MR) is 79.0 cm³/mol. The van der Waals surface area contributed by atoms with E-state index in [1.54, 1.807) is 0 Å². The standard InChI is InChI=1S/C18H22O/c1-18(2)11-16(10-17(19)12-18)15-8-4-7-14(9-15)13-5-3-6-13/h4,7-10,13H,3,5-6,11-12H2,1-2H3. The third-order valence-electron chi connectivity index (χ3n) is 4.49. The van der Waals surface area contributed by atoms with E-state index in [0.717, 1.165) is 12.3 Å². The molecule has 3 rings (SSSR count). The number of carbonyl (C=O) groups excluding carboxylic acids is 1. The lowest BCUT2D eigenvalue weighted by atomic mass is 9.74. The molecule has 1 saturated carbocycles. The molecule has 0 atom stereocenters. The van der Waals surface area contributed by atoms with Crippen molar-refractivity contribution >= 4 is 11.4 Å². The van der Waals surface area contributed by atoms with E-state index in [1.165, 1.54) is 36.0 Å². The number of hydrogen-bond donors (Lipinski definition) is 0. The molecule has 19 heavy (non-hydrogen) atoms. The Morgan fingerprint density at radius 3 is 2.58 bits per heavy atom. The Morgan fingerprint density at radius 2 is 1.95 bits per heavy atom. The molecule has 0 bridgehead atoms. The molecule has 0 aliphatic heterocycles. The minimum absolute atomic E-state index is 0.105. The molecule has 0 unspecified atom stereocenters. The second-order valence-electron chi connectivity index (χ2n) is 6.91. The van der Waals surface area contributed by atoms with Crippen molar-refractivity contribution in [3.05, 3.63) is 41.5 Å². The van der Waals surface area contributed by atoms with Gasteiger partial charge in [0.15, 0.2) is 5.78 Å². The maximum atomic E-state index is 11.9. The van der Waals surface area contributed by atoms with Crippen LogP contribution in [0.25, 0.3) is 5.57 Å². The molecule has 0 radical (unpaired) electrons. The van der Waals surface area contributed by atoms with Gasteiger partial charge in [0.1, 0.15) is 0 Å². The molecule has 1 aromatic rings. The van der Waals surface area contributed by atoms with Gasteiger partial charge in [-0.25, -0.2) is 0 Å². The maximum absolute atomic E-state index is 11.9. The van der Waals surface area contributed by atoms with Gasteiger partial charge in [-0.15, -0.1) is 0 Å². The molecule has 1 aromatic carbocycles. The quantitative estimate of drug-likeness (QED) is 0.746. The van der Waals surface area contributed by atoms with Crippen LogP contribution in [0.2, 0.25) is 0 Å². The molecule has 0 saturated heterocycles. The number of benzene rings is 1. The first-order valence-electron chi connectivity index (χ1n) is 7.37. The zero-order chi connectivity index (χ0) is 13.5. The van der Waals surface area contributed by atoms with Gasteiger partial charge in [-0.1, -0.05) is 44.5 Å². The molecular formula is C18H22O. The van der Waals surface area contributed by atoms with Gasteiger partial charge in [-0.05, 0) is 53.4 Å². The highest BCUT2D eigenvalue weighted by Crippen LogP contribution is 2.40. The van der Waals surface area contributed by atoms with E-state index in [9.17, 15) is 4.79 Å². The van der Waals surface area contributed by atoms with Crippen LogP contribution in [0, 0.1) is 5.41 Å². The fourth-order valence-corrected chi connectivity index (χ4v) is 3.27. The van der Waals surface area contributed by atoms with Gasteiger partial charge in [0.05, 0.1) is 0 Å². The van der Waals surface area contributed by atoms with Crippen LogP contribution < -0.4 is 0 Å². The van der Waals surface area contributed by atoms with Gasteiger partial charge >= 0.3 is 0 Å². The fourth-order valence-electron chi connectivity index (χ4n) is 3.27. The molecular weight excluding hydrogens is 232 g/mol. The summed E-state index contributed by atoms with van der Waals surface area (Å²) in [5.74, 6) is 1.04. The van der Waals surface area contributed by atoms with Crippen LogP contribution in [0.15, 0.2) is 30.3 Å². The second kappa shape index (κ2) is 4.63. The molecule has 1 nitrogen and oxygen atoms in total. The highest BCUT2D eigenvalue weighted by atomic mass is 16.1. The number of rotatable bonds is 2. The normalized spacial score (nSPS) is 22.8. The summed E-state index contributed by atoms with van der Waals surface area (Å²) in [6.45, 7) is 4.38. The summed E-state index contributed by atoms with van der Waals surface area (Å²) in [5.41, 5.74) is 4.04. The maximum Gasteiger partial charge on any atom is 0.156 e. The van der Waals surface area contributed by atoms with E-state index in [0.29, 0.717) is 6.42 Å². The summed E-state index contributed by atoms with van der Waals surface area (Å²) in [7, 11) is 0. The number of carbonyl (C=O) groups is 1. The van der Waals surface area contributed by atoms with Gasteiger partial charge in [-0.3, -0.25) is 4.79 Å². The summed E-state index contributed by atoms with van der Waals surface area (Å²) in [6, 6.07) is 8.85. The van der Waals surface area contributed by atoms with Crippen molar-refractivity contribution in [3.8, 4) is 0 Å². The molecule has 2 aliphatic rings. The Morgan fingerprint density at radius 1 is 1.16 bits per heavy atom. The summed E-state index contributed by atoms with van der Waals surface area (Å²) in [6.07, 6.45) is 7.57. The van der Waals surface area contributed by atoms with Crippen LogP contribution in [-0.2, 0) is 4.79 Å². The van der Waals surface area contributed by atoms with Gasteiger partial charge < -0.3 is 0 Å². The van der Waals surface area contributed by atoms with Crippen LogP contribution in [0.5, 0.6) is 0 Å². The Hall–Kier alpha value is -1.37. The van der Waals surface area contributed by atoms with E-state index < -0.39 is 0 Å². The first kappa shape index (κ1) is 12.7. The van der Waals surface area contributed by atoms with Crippen molar-refractivity contribution in [2.75, 3.05) is 0 Å². The Kier molecular flexibility index (Phi) is 3.08. The first-order chi connectivity index (χ1) is 9.03. The molecule has 0 spiro atoms. The highest BCUT2D eigenvalue weighted by molar-refractivity contribution is 5.99. The Bertz CT molecular complexity index is 532. The minimum Gasteiger partial charge on any atom is -0.295 e. The van der Waals surface area contributed by atoms with Gasteiger partial charge in [0.2, 0.25) is 0 Å². The van der Waals surface area contributed by atoms with Crippen molar-refractivity contribution in [3.63, 3.8) is 0 Å². The molecule has 0 aromatic heterocycles. The first-order valence-corrected chi connectivity index (χ1v) is 7.37. The predicted octanol–water partition coefficient (Wildman–Crippen LogP) is 4.73. The Labute approximate surface area is 115 Å². The van der Waals surface area contributed by atoms with Crippen molar-refractivity contribution < 1.29 is 4.79 Å². The van der Waals surface area contributed by atoms with E-state index in [-0.39, 0.29) is 11.2 Å². The minimum atomic E-state index is 0.105. The lowest BCUT2D eigenvalue weighted by molar-refractivity contribution is -0.116. The molecule has 0 heterocycles. The second-order valence-corrected chi connectivity index (χ2v) is 6.91. The monoisotopic (exact) mass is 254 g/mol. The fraction of sp³-hybridized carbons (Fsp3) is 0.500. The number of allylic oxidation sites excluding steroid dienone is 2. The van der Waals surface area contributed by atoms with E-state index >= 15 is 0 Å². The van der Waals surface area contributed by atoms with Crippen molar-refractivity contribution in [1.29, 1.82) is 0 Å². The van der Waals surface area contributed by atoms with Crippen molar-refractivity contribution in [2.24, 2.45) is 5.41 Å². The van der Waals surface area contributed by atoms with Crippen LogP contribution in [0.3, 0.4) is 0 Å². The number of ketones is 1. The van der Waals surface area contributed by atoms with Gasteiger partial charge in [0, 0.05) is 6.42 Å². The summed E-state index contributed by atoms with van der Waals surface area (Å²) in [5, 5.41) is 0. The molecule has 0 amide bonds. The molecule has 1 fully saturated rings. The van der Waals surface area contributed by atoms with Gasteiger partial charge in [-0.2, -0.15) is 0 Å². The van der Waals surface area contributed by atoms with E-state index in [1.807, 2.05) is 6.08 Å². The molecule has 2 aliphatic carbocycles. The molecule has 100 valence electrons. The van der Waals surface area contributed by atoms with E-state index in [4.69, 9.17) is 0 Å². The molecule has 0 N–H and O–H groups in total. The zero-order valence-electron chi connectivity index (χ0n) is 11.9. The van der Waals surface area contributed by atoms with Crippen molar-refractivity contribution in [2.45, 2.75) is 51.9 Å². The van der Waals surface area contributed by atoms with Crippen LogP contribution >= 0.6 is 0 Å². The average molecular weight is 254 g/mol. The summed E-state index contributed by atoms with van der Waals surface area (Å²) < 4.78 is 0. The summed E-state index contributed by atoms with van der Waals surface area (Å²) >= 11 is 0. The lowest BCUT2D eigenvalue weighted by Gasteiger charge is -2.30. The average Bonchev–Trinajstić information content (AvgIpc) is 2.24. The topological polar surface area (TPSA) is 17.1 Å². The SMILES string of the molecule is CC1(C)CC(=O)C=C(c2cccc(C3CCC3)c2)C1. The van der Waals surface area contributed by atoms with Crippen LogP contribution in [0.1, 0.15) is 63.0 Å².